The van der Waals surface area contributed by atoms with E-state index in [-0.39, 0.29) is 5.95 Å². The van der Waals surface area contributed by atoms with Gasteiger partial charge in [-0.2, -0.15) is 0 Å². The molecule has 110 valence electrons. The van der Waals surface area contributed by atoms with Gasteiger partial charge in [-0.1, -0.05) is 0 Å². The largest absolute Gasteiger partial charge is 0.481 e. The van der Waals surface area contributed by atoms with Crippen LogP contribution in [0.4, 0.5) is 0 Å². The van der Waals surface area contributed by atoms with Crippen LogP contribution in [0.15, 0.2) is 12.0 Å². The van der Waals surface area contributed by atoms with Gasteiger partial charge < -0.3 is 19.2 Å². The Balaban J connectivity index is 2.89. The molecule has 0 radical (unpaired) electrons. The Kier molecular flexibility index (Phi) is 5.47. The molecule has 1 unspecified atom stereocenters. The van der Waals surface area contributed by atoms with Crippen molar-refractivity contribution in [3.05, 3.63) is 12.0 Å². The number of hydrogen-bond acceptors (Lipinski definition) is 4. The summed E-state index contributed by atoms with van der Waals surface area (Å²) < 4.78 is 16.7. The lowest BCUT2D eigenvalue weighted by atomic mass is 9.73. The molecule has 4 nitrogen and oxygen atoms in total. The van der Waals surface area contributed by atoms with E-state index in [9.17, 15) is 5.11 Å². The number of rotatable bonds is 5. The van der Waals surface area contributed by atoms with Crippen molar-refractivity contribution in [1.29, 1.82) is 0 Å². The van der Waals surface area contributed by atoms with Gasteiger partial charge in [0.15, 0.2) is 0 Å². The summed E-state index contributed by atoms with van der Waals surface area (Å²) in [7, 11) is -0.632. The van der Waals surface area contributed by atoms with E-state index in [1.54, 1.807) is 6.92 Å². The average molecular weight is 311 g/mol. The molecule has 1 fully saturated rings. The highest BCUT2D eigenvalue weighted by Gasteiger charge is 2.54. The van der Waals surface area contributed by atoms with Crippen LogP contribution in [0.1, 0.15) is 34.6 Å². The van der Waals surface area contributed by atoms with E-state index in [0.717, 1.165) is 0 Å². The zero-order chi connectivity index (χ0) is 14.8. The van der Waals surface area contributed by atoms with Gasteiger partial charge in [0, 0.05) is 5.82 Å². The molecule has 0 amide bonds. The van der Waals surface area contributed by atoms with E-state index in [1.807, 2.05) is 27.7 Å². The normalized spacial score (nSPS) is 23.8. The summed E-state index contributed by atoms with van der Waals surface area (Å²) >= 11 is 11.9. The van der Waals surface area contributed by atoms with Gasteiger partial charge in [-0.3, -0.25) is 0 Å². The van der Waals surface area contributed by atoms with Crippen LogP contribution in [0.25, 0.3) is 0 Å². The van der Waals surface area contributed by atoms with Gasteiger partial charge in [0.1, 0.15) is 4.84 Å². The molecule has 0 saturated carbocycles. The third-order valence-corrected chi connectivity index (χ3v) is 4.09. The second-order valence-corrected chi connectivity index (χ2v) is 6.64. The molecule has 0 aromatic rings. The molecule has 1 atom stereocenters. The molecule has 1 aliphatic rings. The average Bonchev–Trinajstić information content (AvgIpc) is 2.44. The first-order chi connectivity index (χ1) is 8.60. The van der Waals surface area contributed by atoms with Crippen LogP contribution in [-0.4, -0.2) is 34.9 Å². The summed E-state index contributed by atoms with van der Waals surface area (Å²) in [5, 5.41) is 9.60. The van der Waals surface area contributed by atoms with Gasteiger partial charge in [-0.25, -0.2) is 0 Å². The lowest BCUT2D eigenvalue weighted by molar-refractivity contribution is 0.00578. The van der Waals surface area contributed by atoms with Crippen molar-refractivity contribution in [3.8, 4) is 0 Å². The van der Waals surface area contributed by atoms with Gasteiger partial charge in [-0.15, -0.1) is 23.2 Å². The van der Waals surface area contributed by atoms with E-state index < -0.39 is 29.0 Å². The zero-order valence-corrected chi connectivity index (χ0v) is 13.5. The molecule has 0 bridgehead atoms. The van der Waals surface area contributed by atoms with Crippen molar-refractivity contribution < 1.29 is 19.2 Å². The van der Waals surface area contributed by atoms with Crippen molar-refractivity contribution in [2.75, 3.05) is 6.61 Å². The number of aliphatic hydroxyl groups is 1. The third kappa shape index (κ3) is 3.94. The van der Waals surface area contributed by atoms with Gasteiger partial charge in [0.2, 0.25) is 0 Å². The Morgan fingerprint density at radius 2 is 1.74 bits per heavy atom. The standard InChI is InChI=1S/C12H21BCl2O4/c1-6-17-9(16)7-8(10(14)15)13-18-11(2,3)12(4,5)19-13/h7-8,10,16H,6H2,1-5H3/b9-7+. The summed E-state index contributed by atoms with van der Waals surface area (Å²) in [6, 6.07) is 0. The molecule has 0 aliphatic carbocycles. The summed E-state index contributed by atoms with van der Waals surface area (Å²) in [5.74, 6) is -0.746. The van der Waals surface area contributed by atoms with E-state index in [4.69, 9.17) is 37.2 Å². The van der Waals surface area contributed by atoms with Gasteiger partial charge in [0.05, 0.1) is 17.8 Å². The first-order valence-corrected chi connectivity index (χ1v) is 7.15. The van der Waals surface area contributed by atoms with Crippen molar-refractivity contribution in [3.63, 3.8) is 0 Å². The van der Waals surface area contributed by atoms with Gasteiger partial charge in [0.25, 0.3) is 5.95 Å². The predicted molar refractivity (Wildman–Crippen MR) is 77.7 cm³/mol. The number of hydrogen-bond donors (Lipinski definition) is 1. The highest BCUT2D eigenvalue weighted by molar-refractivity contribution is 6.56. The molecule has 1 heterocycles. The van der Waals surface area contributed by atoms with E-state index in [2.05, 4.69) is 0 Å². The molecule has 7 heteroatoms. The Labute approximate surface area is 125 Å². The molecule has 1 saturated heterocycles. The smallest absolute Gasteiger partial charge is 0.468 e. The zero-order valence-electron chi connectivity index (χ0n) is 11.9. The fourth-order valence-electron chi connectivity index (χ4n) is 1.68. The Morgan fingerprint density at radius 1 is 1.26 bits per heavy atom. The summed E-state index contributed by atoms with van der Waals surface area (Å²) in [6.07, 6.45) is 1.43. The number of alkyl halides is 2. The lowest BCUT2D eigenvalue weighted by Crippen LogP contribution is -2.41. The Bertz CT molecular complexity index is 329. The Morgan fingerprint density at radius 3 is 2.11 bits per heavy atom. The van der Waals surface area contributed by atoms with Gasteiger partial charge >= 0.3 is 7.12 Å². The molecule has 1 aliphatic heterocycles. The van der Waals surface area contributed by atoms with E-state index in [0.29, 0.717) is 6.61 Å². The lowest BCUT2D eigenvalue weighted by Gasteiger charge is -2.32. The fourth-order valence-corrected chi connectivity index (χ4v) is 2.06. The second kappa shape index (κ2) is 6.12. The molecular weight excluding hydrogens is 290 g/mol. The molecule has 0 aromatic heterocycles. The van der Waals surface area contributed by atoms with Crippen LogP contribution >= 0.6 is 23.2 Å². The first-order valence-electron chi connectivity index (χ1n) is 6.28. The SMILES string of the molecule is CCO/C(O)=C/C(B1OC(C)(C)C(C)(C)O1)C(Cl)Cl. The molecule has 0 aromatic carbocycles. The maximum Gasteiger partial charge on any atom is 0.468 e. The van der Waals surface area contributed by atoms with Crippen LogP contribution in [0.5, 0.6) is 0 Å². The monoisotopic (exact) mass is 310 g/mol. The van der Waals surface area contributed by atoms with Crippen LogP contribution < -0.4 is 0 Å². The second-order valence-electron chi connectivity index (χ2n) is 5.47. The predicted octanol–water partition coefficient (Wildman–Crippen LogP) is 3.69. The minimum Gasteiger partial charge on any atom is -0.481 e. The first kappa shape index (κ1) is 17.0. The van der Waals surface area contributed by atoms with Crippen LogP contribution in [0, 0.1) is 0 Å². The van der Waals surface area contributed by atoms with Crippen LogP contribution in [0.2, 0.25) is 5.82 Å². The number of aliphatic hydroxyl groups excluding tert-OH is 1. The molecular formula is C12H21BCl2O4. The van der Waals surface area contributed by atoms with E-state index in [1.165, 1.54) is 6.08 Å². The third-order valence-electron chi connectivity index (χ3n) is 3.50. The molecule has 1 rings (SSSR count). The molecule has 19 heavy (non-hydrogen) atoms. The number of ether oxygens (including phenoxy) is 1. The maximum atomic E-state index is 9.60. The number of allylic oxidation sites excluding steroid dienone is 1. The topological polar surface area (TPSA) is 47.9 Å². The minimum atomic E-state index is -0.780. The van der Waals surface area contributed by atoms with Crippen molar-refractivity contribution in [1.82, 2.24) is 0 Å². The molecule has 0 spiro atoms. The van der Waals surface area contributed by atoms with Crippen molar-refractivity contribution in [2.24, 2.45) is 0 Å². The Hall–Kier alpha value is -0.0951. The summed E-state index contributed by atoms with van der Waals surface area (Å²) in [5.41, 5.74) is -0.957. The maximum absolute atomic E-state index is 9.60. The van der Waals surface area contributed by atoms with Crippen LogP contribution in [-0.2, 0) is 14.0 Å². The van der Waals surface area contributed by atoms with E-state index >= 15 is 0 Å². The summed E-state index contributed by atoms with van der Waals surface area (Å²) in [6.45, 7) is 9.88. The highest BCUT2D eigenvalue weighted by atomic mass is 35.5. The van der Waals surface area contributed by atoms with Crippen molar-refractivity contribution >= 4 is 30.3 Å². The number of halogens is 2. The minimum absolute atomic E-state index is 0.228. The van der Waals surface area contributed by atoms with Crippen molar-refractivity contribution in [2.45, 2.75) is 56.5 Å². The van der Waals surface area contributed by atoms with Crippen LogP contribution in [0.3, 0.4) is 0 Å². The summed E-state index contributed by atoms with van der Waals surface area (Å²) in [4.78, 5) is -0.780. The molecule has 1 N–H and O–H groups in total. The fraction of sp³-hybridized carbons (Fsp3) is 0.833. The van der Waals surface area contributed by atoms with Gasteiger partial charge in [-0.05, 0) is 40.7 Å². The quantitative estimate of drug-likeness (QED) is 0.478. The highest BCUT2D eigenvalue weighted by Crippen LogP contribution is 2.42.